The van der Waals surface area contributed by atoms with E-state index in [1.165, 1.54) is 0 Å². The topological polar surface area (TPSA) is 185 Å². The summed E-state index contributed by atoms with van der Waals surface area (Å²) >= 11 is 0. The maximum Gasteiger partial charge on any atom is 0.324 e. The van der Waals surface area contributed by atoms with Crippen molar-refractivity contribution in [1.82, 2.24) is 0 Å². The molecule has 0 amide bonds. The molecule has 1 unspecified atom stereocenters. The lowest BCUT2D eigenvalue weighted by atomic mass is 10.3. The van der Waals surface area contributed by atoms with Crippen LogP contribution in [0.25, 0.3) is 0 Å². The molecule has 0 bridgehead atoms. The highest BCUT2D eigenvalue weighted by Crippen LogP contribution is 1.94. The van der Waals surface area contributed by atoms with Gasteiger partial charge in [0.25, 0.3) is 0 Å². The molecule has 126 valence electrons. The molecule has 0 rings (SSSR count). The zero-order valence-electron chi connectivity index (χ0n) is 11.3. The molecule has 0 aliphatic carbocycles. The Labute approximate surface area is 124 Å². The third-order valence-corrected chi connectivity index (χ3v) is 1.67. The van der Waals surface area contributed by atoms with Crippen molar-refractivity contribution in [1.29, 1.82) is 0 Å². The Morgan fingerprint density at radius 1 is 1.00 bits per heavy atom. The first-order valence-electron chi connectivity index (χ1n) is 5.74. The third kappa shape index (κ3) is 17.5. The largest absolute Gasteiger partial charge is 0.481 e. The number of carboxylic acid groups (broad SMARTS) is 2. The summed E-state index contributed by atoms with van der Waals surface area (Å²) < 4.78 is 8.09. The second-order valence-electron chi connectivity index (χ2n) is 3.57. The van der Waals surface area contributed by atoms with Crippen LogP contribution >= 0.6 is 0 Å². The van der Waals surface area contributed by atoms with Gasteiger partial charge in [0.15, 0.2) is 0 Å². The number of aliphatic carboxylic acids is 2. The first kappa shape index (κ1) is 21.8. The molecule has 0 saturated heterocycles. The van der Waals surface area contributed by atoms with Gasteiger partial charge in [-0.15, -0.1) is 0 Å². The highest BCUT2D eigenvalue weighted by atomic mass is 16.6. The number of esters is 2. The van der Waals surface area contributed by atoms with Crippen LogP contribution in [0.4, 0.5) is 0 Å². The third-order valence-electron chi connectivity index (χ3n) is 1.67. The molecule has 0 fully saturated rings. The van der Waals surface area contributed by atoms with Crippen LogP contribution in [-0.4, -0.2) is 70.1 Å². The molecule has 4 N–H and O–H groups in total. The van der Waals surface area contributed by atoms with Gasteiger partial charge < -0.3 is 29.9 Å². The fraction of sp³-hybridized carbons (Fsp3) is 0.545. The summed E-state index contributed by atoms with van der Waals surface area (Å²) in [6.45, 7) is -0.910. The molecule has 0 aromatic carbocycles. The van der Waals surface area contributed by atoms with Gasteiger partial charge in [-0.25, -0.2) is 0 Å². The van der Waals surface area contributed by atoms with Gasteiger partial charge in [0.2, 0.25) is 0 Å². The van der Waals surface area contributed by atoms with Gasteiger partial charge in [0.1, 0.15) is 19.1 Å². The Morgan fingerprint density at radius 2 is 1.59 bits per heavy atom. The molecule has 1 atom stereocenters. The van der Waals surface area contributed by atoms with Crippen molar-refractivity contribution in [2.24, 2.45) is 0 Å². The number of ether oxygens (including phenoxy) is 2. The molecule has 0 aliphatic heterocycles. The van der Waals surface area contributed by atoms with Gasteiger partial charge in [0, 0.05) is 0 Å². The fourth-order valence-corrected chi connectivity index (χ4v) is 0.742. The standard InChI is InChI=1S/C7H12O6.C4H4O5/c8-3-5(9)4-13-7(12)2-1-6(10)11;5-2-9-4(8)1-3(6)7/h5,8-9H,1-4H2,(H,10,11);2H,1H2,(H,6,7). The number of rotatable bonds is 9. The van der Waals surface area contributed by atoms with Crippen molar-refractivity contribution >= 4 is 30.3 Å². The van der Waals surface area contributed by atoms with Crippen LogP contribution < -0.4 is 0 Å². The van der Waals surface area contributed by atoms with Crippen LogP contribution in [0.2, 0.25) is 0 Å². The molecule has 0 spiro atoms. The van der Waals surface area contributed by atoms with E-state index in [-0.39, 0.29) is 25.9 Å². The molecule has 22 heavy (non-hydrogen) atoms. The number of hydrogen-bond acceptors (Lipinski definition) is 9. The van der Waals surface area contributed by atoms with Crippen molar-refractivity contribution < 1.29 is 53.9 Å². The summed E-state index contributed by atoms with van der Waals surface area (Å²) in [4.78, 5) is 49.7. The minimum atomic E-state index is -1.32. The second kappa shape index (κ2) is 13.5. The zero-order chi connectivity index (χ0) is 17.5. The van der Waals surface area contributed by atoms with Gasteiger partial charge in [-0.1, -0.05) is 0 Å². The molecule has 0 aliphatic rings. The summed E-state index contributed by atoms with van der Waals surface area (Å²) in [5.41, 5.74) is 0. The van der Waals surface area contributed by atoms with Crippen molar-refractivity contribution in [2.75, 3.05) is 13.2 Å². The summed E-state index contributed by atoms with van der Waals surface area (Å²) in [5.74, 6) is -4.16. The van der Waals surface area contributed by atoms with Gasteiger partial charge in [-0.2, -0.15) is 0 Å². The molecule has 0 aromatic rings. The van der Waals surface area contributed by atoms with Gasteiger partial charge in [0.05, 0.1) is 19.4 Å². The van der Waals surface area contributed by atoms with Crippen LogP contribution in [0.1, 0.15) is 19.3 Å². The number of carbonyl (C=O) groups excluding carboxylic acids is 3. The van der Waals surface area contributed by atoms with Crippen LogP contribution in [0.5, 0.6) is 0 Å². The molecule has 0 aromatic heterocycles. The van der Waals surface area contributed by atoms with E-state index in [0.29, 0.717) is 0 Å². The Hall–Kier alpha value is -2.53. The normalized spacial score (nSPS) is 10.5. The molecule has 11 nitrogen and oxygen atoms in total. The van der Waals surface area contributed by atoms with E-state index in [2.05, 4.69) is 9.47 Å². The highest BCUT2D eigenvalue weighted by molar-refractivity contribution is 5.92. The first-order chi connectivity index (χ1) is 10.2. The monoisotopic (exact) mass is 324 g/mol. The number of hydrogen-bond donors (Lipinski definition) is 4. The lowest BCUT2D eigenvalue weighted by Gasteiger charge is -2.07. The van der Waals surface area contributed by atoms with E-state index in [0.717, 1.165) is 0 Å². The molecule has 0 heterocycles. The molecule has 0 saturated carbocycles. The van der Waals surface area contributed by atoms with Crippen molar-refractivity contribution in [3.63, 3.8) is 0 Å². The second-order valence-corrected chi connectivity index (χ2v) is 3.57. The number of carboxylic acids is 2. The van der Waals surface area contributed by atoms with E-state index < -0.39 is 43.0 Å². The van der Waals surface area contributed by atoms with Crippen LogP contribution in [0.15, 0.2) is 0 Å². The average Bonchev–Trinajstić information content (AvgIpc) is 2.42. The van der Waals surface area contributed by atoms with Crippen LogP contribution in [0, 0.1) is 0 Å². The lowest BCUT2D eigenvalue weighted by Crippen LogP contribution is -2.22. The van der Waals surface area contributed by atoms with Crippen LogP contribution in [-0.2, 0) is 33.4 Å². The van der Waals surface area contributed by atoms with E-state index >= 15 is 0 Å². The summed E-state index contributed by atoms with van der Waals surface area (Å²) in [6.07, 6.45) is -2.41. The van der Waals surface area contributed by atoms with E-state index in [1.54, 1.807) is 0 Å². The highest BCUT2D eigenvalue weighted by Gasteiger charge is 2.09. The van der Waals surface area contributed by atoms with Crippen LogP contribution in [0.3, 0.4) is 0 Å². The zero-order valence-corrected chi connectivity index (χ0v) is 11.3. The van der Waals surface area contributed by atoms with Gasteiger partial charge in [-0.05, 0) is 0 Å². The Bertz CT molecular complexity index is 389. The van der Waals surface area contributed by atoms with E-state index in [1.807, 2.05) is 0 Å². The van der Waals surface area contributed by atoms with Crippen molar-refractivity contribution in [2.45, 2.75) is 25.4 Å². The quantitative estimate of drug-likeness (QED) is 0.207. The minimum absolute atomic E-state index is 0.106. The fourth-order valence-electron chi connectivity index (χ4n) is 0.742. The Balaban J connectivity index is 0. The summed E-state index contributed by atoms with van der Waals surface area (Å²) in [7, 11) is 0. The van der Waals surface area contributed by atoms with Crippen molar-refractivity contribution in [3.05, 3.63) is 0 Å². The first-order valence-corrected chi connectivity index (χ1v) is 5.74. The molecular formula is C11H16O11. The summed E-state index contributed by atoms with van der Waals surface area (Å²) in [5, 5.41) is 33.2. The number of carbonyl (C=O) groups is 5. The van der Waals surface area contributed by atoms with E-state index in [4.69, 9.17) is 20.4 Å². The minimum Gasteiger partial charge on any atom is -0.481 e. The van der Waals surface area contributed by atoms with Crippen molar-refractivity contribution in [3.8, 4) is 0 Å². The van der Waals surface area contributed by atoms with E-state index in [9.17, 15) is 24.0 Å². The predicted molar refractivity (Wildman–Crippen MR) is 65.3 cm³/mol. The molecule has 0 radical (unpaired) electrons. The molecular weight excluding hydrogens is 308 g/mol. The number of aliphatic hydroxyl groups excluding tert-OH is 2. The van der Waals surface area contributed by atoms with Gasteiger partial charge >= 0.3 is 30.3 Å². The average molecular weight is 324 g/mol. The number of aliphatic hydroxyl groups is 2. The summed E-state index contributed by atoms with van der Waals surface area (Å²) in [6, 6.07) is 0. The maximum atomic E-state index is 10.7. The lowest BCUT2D eigenvalue weighted by molar-refractivity contribution is -0.155. The predicted octanol–water partition coefficient (Wildman–Crippen LogP) is -2.09. The molecule has 11 heteroatoms. The maximum absolute atomic E-state index is 10.7. The Morgan fingerprint density at radius 3 is 2.00 bits per heavy atom. The Kier molecular flexibility index (Phi) is 13.3. The van der Waals surface area contributed by atoms with Gasteiger partial charge in [-0.3, -0.25) is 24.0 Å². The smallest absolute Gasteiger partial charge is 0.324 e. The SMILES string of the molecule is O=C(O)CCC(=O)OCC(O)CO.O=COC(=O)CC(=O)O.